The first kappa shape index (κ1) is 20.3. The monoisotopic (exact) mass is 414 g/mol. The topological polar surface area (TPSA) is 37.3 Å². The second kappa shape index (κ2) is 6.76. The summed E-state index contributed by atoms with van der Waals surface area (Å²) in [5.74, 6) is 0.483. The summed E-state index contributed by atoms with van der Waals surface area (Å²) < 4.78 is 15.0. The highest BCUT2D eigenvalue weighted by Crippen LogP contribution is 2.75. The fourth-order valence-corrected chi connectivity index (χ4v) is 11.8. The highest BCUT2D eigenvalue weighted by atomic mass is 32.2. The molecule has 0 heterocycles. The number of hydrogen-bond acceptors (Lipinski definition) is 3. The lowest BCUT2D eigenvalue weighted by Crippen LogP contribution is -2.55. The van der Waals surface area contributed by atoms with Crippen LogP contribution >= 0.6 is 18.9 Å². The molecule has 2 fully saturated rings. The standard InChI is InChI=1S/C24H31O2PS/c1-22(2)18-15-16-23(22,3)24(25,17-18)21(28-4)27(26,19-11-7-5-8-12-19)20-13-9-6-10-14-20/h5-14,18,21,25H,15-17H2,1-4H3. The first-order valence-electron chi connectivity index (χ1n) is 10.2. The van der Waals surface area contributed by atoms with E-state index in [0.29, 0.717) is 5.92 Å². The molecule has 2 aromatic rings. The number of hydrogen-bond donors (Lipinski definition) is 1. The van der Waals surface area contributed by atoms with Crippen molar-refractivity contribution < 1.29 is 9.67 Å². The molecule has 2 bridgehead atoms. The maximum atomic E-state index is 15.0. The Morgan fingerprint density at radius 2 is 1.50 bits per heavy atom. The first-order valence-corrected chi connectivity index (χ1v) is 13.2. The van der Waals surface area contributed by atoms with Crippen LogP contribution in [0.15, 0.2) is 60.7 Å². The van der Waals surface area contributed by atoms with Crippen LogP contribution in [0.25, 0.3) is 0 Å². The zero-order valence-electron chi connectivity index (χ0n) is 17.3. The average molecular weight is 415 g/mol. The summed E-state index contributed by atoms with van der Waals surface area (Å²) in [4.78, 5) is -0.362. The fraction of sp³-hybridized carbons (Fsp3) is 0.500. The van der Waals surface area contributed by atoms with E-state index in [9.17, 15) is 9.67 Å². The molecule has 28 heavy (non-hydrogen) atoms. The van der Waals surface area contributed by atoms with E-state index in [1.807, 2.05) is 66.9 Å². The Bertz CT molecular complexity index is 854. The molecule has 0 radical (unpaired) electrons. The second-order valence-corrected chi connectivity index (χ2v) is 13.5. The molecule has 0 spiro atoms. The maximum Gasteiger partial charge on any atom is 0.158 e. The summed E-state index contributed by atoms with van der Waals surface area (Å²) in [7, 11) is -3.06. The van der Waals surface area contributed by atoms with E-state index in [1.54, 1.807) is 11.8 Å². The third kappa shape index (κ3) is 2.49. The minimum atomic E-state index is -3.06. The molecule has 0 aliphatic heterocycles. The van der Waals surface area contributed by atoms with Crippen LogP contribution in [-0.4, -0.2) is 22.0 Å². The van der Waals surface area contributed by atoms with Gasteiger partial charge in [-0.3, -0.25) is 0 Å². The highest BCUT2D eigenvalue weighted by molar-refractivity contribution is 8.08. The number of benzene rings is 2. The minimum Gasteiger partial charge on any atom is -0.388 e. The van der Waals surface area contributed by atoms with E-state index in [0.717, 1.165) is 29.9 Å². The van der Waals surface area contributed by atoms with Gasteiger partial charge >= 0.3 is 0 Å². The van der Waals surface area contributed by atoms with Gasteiger partial charge in [-0.1, -0.05) is 81.4 Å². The molecular formula is C24H31O2PS. The predicted molar refractivity (Wildman–Crippen MR) is 121 cm³/mol. The van der Waals surface area contributed by atoms with Gasteiger partial charge in [0, 0.05) is 16.0 Å². The van der Waals surface area contributed by atoms with Gasteiger partial charge in [0.2, 0.25) is 0 Å². The molecule has 4 rings (SSSR count). The number of aliphatic hydroxyl groups is 1. The van der Waals surface area contributed by atoms with Crippen LogP contribution < -0.4 is 10.6 Å². The second-order valence-electron chi connectivity index (χ2n) is 9.33. The van der Waals surface area contributed by atoms with E-state index in [4.69, 9.17) is 0 Å². The van der Waals surface area contributed by atoms with Crippen molar-refractivity contribution in [1.29, 1.82) is 0 Å². The predicted octanol–water partition coefficient (Wildman–Crippen LogP) is 5.27. The van der Waals surface area contributed by atoms with E-state index in [1.165, 1.54) is 0 Å². The summed E-state index contributed by atoms with van der Waals surface area (Å²) >= 11 is 1.59. The minimum absolute atomic E-state index is 0.0495. The summed E-state index contributed by atoms with van der Waals surface area (Å²) in [5.41, 5.74) is -1.15. The average Bonchev–Trinajstić information content (AvgIpc) is 3.01. The molecule has 4 unspecified atom stereocenters. The number of fused-ring (bicyclic) bond motifs is 2. The van der Waals surface area contributed by atoms with Crippen LogP contribution in [0.1, 0.15) is 40.0 Å². The van der Waals surface area contributed by atoms with Crippen molar-refractivity contribution in [3.05, 3.63) is 60.7 Å². The van der Waals surface area contributed by atoms with Gasteiger partial charge in [0.25, 0.3) is 0 Å². The van der Waals surface area contributed by atoms with Crippen LogP contribution in [0.2, 0.25) is 0 Å². The number of rotatable bonds is 5. The van der Waals surface area contributed by atoms with E-state index < -0.39 is 12.7 Å². The molecule has 2 saturated carbocycles. The number of thioether (sulfide) groups is 1. The Kier molecular flexibility index (Phi) is 4.89. The molecule has 4 heteroatoms. The third-order valence-corrected chi connectivity index (χ3v) is 13.8. The zero-order chi connectivity index (χ0) is 20.2. The van der Waals surface area contributed by atoms with Gasteiger partial charge < -0.3 is 9.67 Å². The largest absolute Gasteiger partial charge is 0.388 e. The summed E-state index contributed by atoms with van der Waals surface area (Å²) in [6, 6.07) is 19.6. The van der Waals surface area contributed by atoms with Crippen LogP contribution in [0.4, 0.5) is 0 Å². The quantitative estimate of drug-likeness (QED) is 0.678. The van der Waals surface area contributed by atoms with Crippen molar-refractivity contribution >= 4 is 29.5 Å². The molecule has 2 aliphatic carbocycles. The summed E-state index contributed by atoms with van der Waals surface area (Å²) in [6.07, 6.45) is 4.92. The molecular weight excluding hydrogens is 383 g/mol. The van der Waals surface area contributed by atoms with Gasteiger partial charge in [-0.25, -0.2) is 0 Å². The lowest BCUT2D eigenvalue weighted by atomic mass is 9.65. The van der Waals surface area contributed by atoms with Gasteiger partial charge in [-0.05, 0) is 36.9 Å². The molecule has 0 saturated heterocycles. The fourth-order valence-electron chi connectivity index (χ4n) is 6.07. The van der Waals surface area contributed by atoms with Crippen molar-refractivity contribution in [2.45, 2.75) is 50.6 Å². The van der Waals surface area contributed by atoms with Gasteiger partial charge in [0.05, 0.1) is 10.6 Å². The van der Waals surface area contributed by atoms with Crippen LogP contribution in [0.5, 0.6) is 0 Å². The normalized spacial score (nSPS) is 32.4. The Hall–Kier alpha value is -1.02. The van der Waals surface area contributed by atoms with Crippen molar-refractivity contribution in [3.8, 4) is 0 Å². The molecule has 2 aromatic carbocycles. The van der Waals surface area contributed by atoms with E-state index in [-0.39, 0.29) is 15.8 Å². The smallest absolute Gasteiger partial charge is 0.158 e. The van der Waals surface area contributed by atoms with Gasteiger partial charge in [-0.2, -0.15) is 11.8 Å². The molecule has 0 aromatic heterocycles. The van der Waals surface area contributed by atoms with Crippen LogP contribution in [0, 0.1) is 16.7 Å². The SMILES string of the molecule is CSC(C1(O)CC2CCC1(C)C2(C)C)P(=O)(c1ccccc1)c1ccccc1. The summed E-state index contributed by atoms with van der Waals surface area (Å²) in [6.45, 7) is 6.84. The van der Waals surface area contributed by atoms with Crippen LogP contribution in [0.3, 0.4) is 0 Å². The van der Waals surface area contributed by atoms with Gasteiger partial charge in [-0.15, -0.1) is 0 Å². The van der Waals surface area contributed by atoms with Crippen molar-refractivity contribution in [2.75, 3.05) is 6.26 Å². The zero-order valence-corrected chi connectivity index (χ0v) is 19.0. The highest BCUT2D eigenvalue weighted by Gasteiger charge is 2.72. The summed E-state index contributed by atoms with van der Waals surface area (Å²) in [5, 5.41) is 14.0. The van der Waals surface area contributed by atoms with Gasteiger partial charge in [0.15, 0.2) is 7.14 Å². The first-order chi connectivity index (χ1) is 13.2. The molecule has 1 N–H and O–H groups in total. The molecule has 150 valence electrons. The lowest BCUT2D eigenvalue weighted by molar-refractivity contribution is -0.0776. The Balaban J connectivity index is 1.93. The lowest BCUT2D eigenvalue weighted by Gasteiger charge is -2.50. The van der Waals surface area contributed by atoms with Crippen molar-refractivity contribution in [1.82, 2.24) is 0 Å². The molecule has 4 atom stereocenters. The maximum absolute atomic E-state index is 15.0. The molecule has 2 aliphatic rings. The van der Waals surface area contributed by atoms with Gasteiger partial charge in [0.1, 0.15) is 0 Å². The Morgan fingerprint density at radius 1 is 1.00 bits per heavy atom. The Labute approximate surface area is 173 Å². The van der Waals surface area contributed by atoms with E-state index in [2.05, 4.69) is 20.8 Å². The molecule has 2 nitrogen and oxygen atoms in total. The van der Waals surface area contributed by atoms with Crippen molar-refractivity contribution in [3.63, 3.8) is 0 Å². The Morgan fingerprint density at radius 3 is 1.86 bits per heavy atom. The molecule has 0 amide bonds. The van der Waals surface area contributed by atoms with Crippen molar-refractivity contribution in [2.24, 2.45) is 16.7 Å². The third-order valence-electron chi connectivity index (χ3n) is 8.19. The van der Waals surface area contributed by atoms with E-state index >= 15 is 0 Å². The van der Waals surface area contributed by atoms with Crippen LogP contribution in [-0.2, 0) is 4.57 Å².